The Labute approximate surface area is 156 Å². The molecule has 130 valence electrons. The van der Waals surface area contributed by atoms with Crippen molar-refractivity contribution in [3.8, 4) is 28.3 Å². The predicted octanol–water partition coefficient (Wildman–Crippen LogP) is 6.74. The first-order valence-corrected chi connectivity index (χ1v) is 9.02. The standard InChI is InChI=1S/C25H25N/c1-15-7-8-22(11-16(15)2)24-19(5)12-23(13-20(24)6)25-17(3)9-21(14-26)10-18(25)4/h7-13H,1-6H3. The van der Waals surface area contributed by atoms with Crippen LogP contribution in [-0.2, 0) is 0 Å². The fourth-order valence-electron chi connectivity index (χ4n) is 3.94. The number of hydrogen-bond acceptors (Lipinski definition) is 1. The average Bonchev–Trinajstić information content (AvgIpc) is 2.56. The Morgan fingerprint density at radius 1 is 0.538 bits per heavy atom. The van der Waals surface area contributed by atoms with E-state index in [1.54, 1.807) is 0 Å². The van der Waals surface area contributed by atoms with Gasteiger partial charge in [-0.2, -0.15) is 5.26 Å². The summed E-state index contributed by atoms with van der Waals surface area (Å²) in [5.41, 5.74) is 13.3. The van der Waals surface area contributed by atoms with Gasteiger partial charge in [0.1, 0.15) is 0 Å². The molecule has 0 saturated heterocycles. The van der Waals surface area contributed by atoms with Crippen LogP contribution in [0.1, 0.15) is 38.9 Å². The molecule has 0 aliphatic rings. The van der Waals surface area contributed by atoms with E-state index in [2.05, 4.69) is 77.9 Å². The zero-order chi connectivity index (χ0) is 19.0. The molecule has 0 aliphatic carbocycles. The van der Waals surface area contributed by atoms with Crippen LogP contribution < -0.4 is 0 Å². The van der Waals surface area contributed by atoms with Gasteiger partial charge in [-0.15, -0.1) is 0 Å². The maximum Gasteiger partial charge on any atom is 0.0991 e. The number of rotatable bonds is 2. The number of aryl methyl sites for hydroxylation is 6. The molecule has 0 atom stereocenters. The summed E-state index contributed by atoms with van der Waals surface area (Å²) in [4.78, 5) is 0. The van der Waals surface area contributed by atoms with Gasteiger partial charge in [-0.25, -0.2) is 0 Å². The summed E-state index contributed by atoms with van der Waals surface area (Å²) in [6.07, 6.45) is 0. The number of nitriles is 1. The second-order valence-corrected chi connectivity index (χ2v) is 7.38. The van der Waals surface area contributed by atoms with Crippen LogP contribution in [0.3, 0.4) is 0 Å². The molecule has 3 rings (SSSR count). The Morgan fingerprint density at radius 3 is 1.50 bits per heavy atom. The largest absolute Gasteiger partial charge is 0.192 e. The molecule has 1 nitrogen and oxygen atoms in total. The molecule has 3 aromatic rings. The minimum Gasteiger partial charge on any atom is -0.192 e. The highest BCUT2D eigenvalue weighted by Gasteiger charge is 2.13. The third kappa shape index (κ3) is 3.16. The summed E-state index contributed by atoms with van der Waals surface area (Å²) in [7, 11) is 0. The molecule has 0 aromatic heterocycles. The van der Waals surface area contributed by atoms with Crippen LogP contribution in [0.15, 0.2) is 42.5 Å². The van der Waals surface area contributed by atoms with E-state index in [-0.39, 0.29) is 0 Å². The summed E-state index contributed by atoms with van der Waals surface area (Å²) in [6.45, 7) is 12.9. The van der Waals surface area contributed by atoms with Crippen LogP contribution in [0, 0.1) is 52.9 Å². The van der Waals surface area contributed by atoms with Gasteiger partial charge in [-0.3, -0.25) is 0 Å². The molecule has 0 saturated carbocycles. The third-order valence-electron chi connectivity index (χ3n) is 5.28. The van der Waals surface area contributed by atoms with Gasteiger partial charge >= 0.3 is 0 Å². The fraction of sp³-hybridized carbons (Fsp3) is 0.240. The average molecular weight is 339 g/mol. The van der Waals surface area contributed by atoms with E-state index in [0.717, 1.165) is 16.7 Å². The van der Waals surface area contributed by atoms with Gasteiger partial charge in [0.05, 0.1) is 11.6 Å². The molecule has 26 heavy (non-hydrogen) atoms. The molecule has 1 heteroatoms. The van der Waals surface area contributed by atoms with E-state index >= 15 is 0 Å². The molecule has 3 aromatic carbocycles. The van der Waals surface area contributed by atoms with Gasteiger partial charge in [-0.05, 0) is 109 Å². The van der Waals surface area contributed by atoms with Gasteiger partial charge in [-0.1, -0.05) is 30.3 Å². The molecular weight excluding hydrogens is 314 g/mol. The molecule has 0 bridgehead atoms. The highest BCUT2D eigenvalue weighted by atomic mass is 14.2. The van der Waals surface area contributed by atoms with Crippen LogP contribution in [0.25, 0.3) is 22.3 Å². The fourth-order valence-corrected chi connectivity index (χ4v) is 3.94. The second-order valence-electron chi connectivity index (χ2n) is 7.38. The molecule has 0 unspecified atom stereocenters. The van der Waals surface area contributed by atoms with Crippen LogP contribution >= 0.6 is 0 Å². The van der Waals surface area contributed by atoms with Crippen molar-refractivity contribution < 1.29 is 0 Å². The lowest BCUT2D eigenvalue weighted by atomic mass is 9.87. The maximum absolute atomic E-state index is 9.19. The summed E-state index contributed by atoms with van der Waals surface area (Å²) in [5.74, 6) is 0. The van der Waals surface area contributed by atoms with E-state index < -0.39 is 0 Å². The van der Waals surface area contributed by atoms with Crippen molar-refractivity contribution in [1.29, 1.82) is 5.26 Å². The van der Waals surface area contributed by atoms with E-state index in [4.69, 9.17) is 0 Å². The Bertz CT molecular complexity index is 1000. The highest BCUT2D eigenvalue weighted by Crippen LogP contribution is 2.35. The summed E-state index contributed by atoms with van der Waals surface area (Å²) >= 11 is 0. The quantitative estimate of drug-likeness (QED) is 0.507. The van der Waals surface area contributed by atoms with Gasteiger partial charge in [0.25, 0.3) is 0 Å². The monoisotopic (exact) mass is 339 g/mol. The van der Waals surface area contributed by atoms with Gasteiger partial charge in [0.2, 0.25) is 0 Å². The van der Waals surface area contributed by atoms with Crippen molar-refractivity contribution in [3.63, 3.8) is 0 Å². The van der Waals surface area contributed by atoms with Gasteiger partial charge < -0.3 is 0 Å². The molecule has 0 heterocycles. The SMILES string of the molecule is Cc1ccc(-c2c(C)cc(-c3c(C)cc(C#N)cc3C)cc2C)cc1C. The summed E-state index contributed by atoms with van der Waals surface area (Å²) < 4.78 is 0. The van der Waals surface area contributed by atoms with Crippen molar-refractivity contribution in [3.05, 3.63) is 81.4 Å². The lowest BCUT2D eigenvalue weighted by Gasteiger charge is -2.17. The lowest BCUT2D eigenvalue weighted by molar-refractivity contribution is 1.31. The summed E-state index contributed by atoms with van der Waals surface area (Å²) in [5, 5.41) is 9.19. The summed E-state index contributed by atoms with van der Waals surface area (Å²) in [6, 6.07) is 17.5. The van der Waals surface area contributed by atoms with Crippen molar-refractivity contribution in [2.24, 2.45) is 0 Å². The zero-order valence-electron chi connectivity index (χ0n) is 16.5. The van der Waals surface area contributed by atoms with Crippen molar-refractivity contribution in [1.82, 2.24) is 0 Å². The predicted molar refractivity (Wildman–Crippen MR) is 110 cm³/mol. The normalized spacial score (nSPS) is 10.7. The van der Waals surface area contributed by atoms with Gasteiger partial charge in [0.15, 0.2) is 0 Å². The first kappa shape index (κ1) is 18.0. The minimum atomic E-state index is 0.726. The van der Waals surface area contributed by atoms with Crippen LogP contribution in [0.5, 0.6) is 0 Å². The van der Waals surface area contributed by atoms with E-state index in [0.29, 0.717) is 0 Å². The van der Waals surface area contributed by atoms with E-state index in [1.165, 1.54) is 44.5 Å². The van der Waals surface area contributed by atoms with Crippen molar-refractivity contribution in [2.75, 3.05) is 0 Å². The van der Waals surface area contributed by atoms with Crippen LogP contribution in [0.4, 0.5) is 0 Å². The van der Waals surface area contributed by atoms with Crippen LogP contribution in [-0.4, -0.2) is 0 Å². The Balaban J connectivity index is 2.17. The first-order chi connectivity index (χ1) is 12.3. The number of benzene rings is 3. The Hall–Kier alpha value is -2.85. The Morgan fingerprint density at radius 2 is 1.00 bits per heavy atom. The number of hydrogen-bond donors (Lipinski definition) is 0. The maximum atomic E-state index is 9.19. The molecular formula is C25H25N. The first-order valence-electron chi connectivity index (χ1n) is 9.02. The molecule has 0 N–H and O–H groups in total. The van der Waals surface area contributed by atoms with Crippen molar-refractivity contribution in [2.45, 2.75) is 41.5 Å². The van der Waals surface area contributed by atoms with Crippen molar-refractivity contribution >= 4 is 0 Å². The second kappa shape index (κ2) is 6.81. The molecule has 0 radical (unpaired) electrons. The topological polar surface area (TPSA) is 23.8 Å². The molecule has 0 fully saturated rings. The molecule has 0 aliphatic heterocycles. The van der Waals surface area contributed by atoms with Gasteiger partial charge in [0, 0.05) is 0 Å². The molecule has 0 spiro atoms. The minimum absolute atomic E-state index is 0.726. The molecule has 0 amide bonds. The van der Waals surface area contributed by atoms with E-state index in [9.17, 15) is 5.26 Å². The zero-order valence-corrected chi connectivity index (χ0v) is 16.5. The highest BCUT2D eigenvalue weighted by molar-refractivity contribution is 5.79. The third-order valence-corrected chi connectivity index (χ3v) is 5.28. The smallest absolute Gasteiger partial charge is 0.0991 e. The number of nitrogens with zero attached hydrogens (tertiary/aromatic N) is 1. The lowest BCUT2D eigenvalue weighted by Crippen LogP contribution is -1.95. The Kier molecular flexibility index (Phi) is 4.70. The van der Waals surface area contributed by atoms with E-state index in [1.807, 2.05) is 12.1 Å². The van der Waals surface area contributed by atoms with Crippen LogP contribution in [0.2, 0.25) is 0 Å².